The van der Waals surface area contributed by atoms with Gasteiger partial charge in [0.15, 0.2) is 5.96 Å². The predicted octanol–water partition coefficient (Wildman–Crippen LogP) is 3.18. The van der Waals surface area contributed by atoms with E-state index in [0.717, 1.165) is 19.5 Å². The molecule has 4 heteroatoms. The molecule has 20 heavy (non-hydrogen) atoms. The minimum Gasteiger partial charge on any atom is -0.370 e. The van der Waals surface area contributed by atoms with Crippen molar-refractivity contribution >= 4 is 17.3 Å². The minimum atomic E-state index is 0.272. The first-order valence-electron chi connectivity index (χ1n) is 6.96. The third-order valence-electron chi connectivity index (χ3n) is 3.80. The Bertz CT molecular complexity index is 604. The van der Waals surface area contributed by atoms with Gasteiger partial charge in [0, 0.05) is 4.88 Å². The zero-order valence-electron chi connectivity index (χ0n) is 11.6. The topological polar surface area (TPSA) is 41.6 Å². The Morgan fingerprint density at radius 3 is 2.90 bits per heavy atom. The van der Waals surface area contributed by atoms with Crippen LogP contribution in [0.25, 0.3) is 0 Å². The Morgan fingerprint density at radius 1 is 1.30 bits per heavy atom. The van der Waals surface area contributed by atoms with Crippen LogP contribution in [0.4, 0.5) is 0 Å². The number of hydrogen-bond donors (Lipinski definition) is 1. The lowest BCUT2D eigenvalue weighted by Gasteiger charge is -2.27. The molecule has 1 aliphatic heterocycles. The molecule has 1 unspecified atom stereocenters. The molecular formula is C16H19N3S. The molecule has 0 spiro atoms. The molecule has 1 atom stereocenters. The second kappa shape index (κ2) is 5.67. The van der Waals surface area contributed by atoms with E-state index in [1.807, 2.05) is 0 Å². The van der Waals surface area contributed by atoms with Crippen LogP contribution in [0.15, 0.2) is 46.8 Å². The summed E-state index contributed by atoms with van der Waals surface area (Å²) in [6.07, 6.45) is 1.04. The van der Waals surface area contributed by atoms with Gasteiger partial charge in [-0.05, 0) is 29.0 Å². The summed E-state index contributed by atoms with van der Waals surface area (Å²) >= 11 is 1.77. The maximum absolute atomic E-state index is 6.10. The summed E-state index contributed by atoms with van der Waals surface area (Å²) in [4.78, 5) is 8.00. The number of nitrogens with zero attached hydrogens (tertiary/aromatic N) is 2. The number of aryl methyl sites for hydroxylation is 1. The average molecular weight is 285 g/mol. The lowest BCUT2D eigenvalue weighted by molar-refractivity contribution is 0.341. The van der Waals surface area contributed by atoms with E-state index in [9.17, 15) is 0 Å². The average Bonchev–Trinajstić information content (AvgIpc) is 3.11. The van der Waals surface area contributed by atoms with Crippen molar-refractivity contribution in [1.29, 1.82) is 0 Å². The van der Waals surface area contributed by atoms with E-state index < -0.39 is 0 Å². The largest absolute Gasteiger partial charge is 0.370 e. The van der Waals surface area contributed by atoms with Gasteiger partial charge in [-0.2, -0.15) is 0 Å². The van der Waals surface area contributed by atoms with Crippen LogP contribution < -0.4 is 5.73 Å². The maximum atomic E-state index is 6.10. The smallest absolute Gasteiger partial charge is 0.192 e. The molecule has 104 valence electrons. The molecular weight excluding hydrogens is 266 g/mol. The molecule has 3 nitrogen and oxygen atoms in total. The normalized spacial score (nSPS) is 18.4. The summed E-state index contributed by atoms with van der Waals surface area (Å²) < 4.78 is 0. The molecule has 0 aliphatic carbocycles. The van der Waals surface area contributed by atoms with Gasteiger partial charge in [-0.25, -0.2) is 0 Å². The van der Waals surface area contributed by atoms with Crippen molar-refractivity contribution in [2.24, 2.45) is 10.7 Å². The summed E-state index contributed by atoms with van der Waals surface area (Å²) in [6.45, 7) is 3.80. The van der Waals surface area contributed by atoms with Crippen molar-refractivity contribution in [2.45, 2.75) is 25.9 Å². The van der Waals surface area contributed by atoms with E-state index in [4.69, 9.17) is 5.73 Å². The van der Waals surface area contributed by atoms with Crippen LogP contribution in [0.3, 0.4) is 0 Å². The fourth-order valence-electron chi connectivity index (χ4n) is 2.74. The third kappa shape index (κ3) is 2.43. The lowest BCUT2D eigenvalue weighted by Crippen LogP contribution is -2.35. The monoisotopic (exact) mass is 285 g/mol. The molecule has 0 amide bonds. The molecule has 0 fully saturated rings. The van der Waals surface area contributed by atoms with Gasteiger partial charge in [0.05, 0.1) is 19.1 Å². The summed E-state index contributed by atoms with van der Waals surface area (Å²) in [6, 6.07) is 13.1. The minimum absolute atomic E-state index is 0.272. The zero-order chi connectivity index (χ0) is 13.9. The van der Waals surface area contributed by atoms with Gasteiger partial charge in [0.1, 0.15) is 0 Å². The fraction of sp³-hybridized carbons (Fsp3) is 0.312. The quantitative estimate of drug-likeness (QED) is 0.937. The highest BCUT2D eigenvalue weighted by atomic mass is 32.1. The van der Waals surface area contributed by atoms with Crippen molar-refractivity contribution in [1.82, 2.24) is 4.90 Å². The first kappa shape index (κ1) is 13.2. The van der Waals surface area contributed by atoms with E-state index in [-0.39, 0.29) is 6.04 Å². The molecule has 0 bridgehead atoms. The number of thiophene rings is 1. The Balaban J connectivity index is 1.89. The van der Waals surface area contributed by atoms with Gasteiger partial charge in [-0.1, -0.05) is 37.3 Å². The molecule has 2 aromatic rings. The van der Waals surface area contributed by atoms with E-state index in [2.05, 4.69) is 58.6 Å². The van der Waals surface area contributed by atoms with Gasteiger partial charge in [-0.3, -0.25) is 4.99 Å². The fourth-order valence-corrected chi connectivity index (χ4v) is 3.44. The van der Waals surface area contributed by atoms with Gasteiger partial charge in [-0.15, -0.1) is 11.3 Å². The third-order valence-corrected chi connectivity index (χ3v) is 4.66. The standard InChI is InChI=1S/C16H19N3S/c1-2-12-6-3-4-8-14(12)15-10-18-16(17)19(15)11-13-7-5-9-20-13/h3-9,15H,2,10-11H2,1H3,(H2,17,18). The predicted molar refractivity (Wildman–Crippen MR) is 84.9 cm³/mol. The first-order chi connectivity index (χ1) is 9.79. The van der Waals surface area contributed by atoms with Crippen molar-refractivity contribution in [3.8, 4) is 0 Å². The molecule has 1 aromatic heterocycles. The van der Waals surface area contributed by atoms with Gasteiger partial charge >= 0.3 is 0 Å². The second-order valence-corrected chi connectivity index (χ2v) is 6.01. The van der Waals surface area contributed by atoms with Crippen LogP contribution in [-0.2, 0) is 13.0 Å². The molecule has 0 saturated carbocycles. The van der Waals surface area contributed by atoms with Gasteiger partial charge in [0.25, 0.3) is 0 Å². The van der Waals surface area contributed by atoms with E-state index in [1.165, 1.54) is 16.0 Å². The lowest BCUT2D eigenvalue weighted by atomic mass is 9.98. The second-order valence-electron chi connectivity index (χ2n) is 4.97. The molecule has 0 radical (unpaired) electrons. The summed E-state index contributed by atoms with van der Waals surface area (Å²) in [7, 11) is 0. The molecule has 1 aliphatic rings. The van der Waals surface area contributed by atoms with Gasteiger partial charge in [0.2, 0.25) is 0 Å². The summed E-state index contributed by atoms with van der Waals surface area (Å²) in [5, 5.41) is 2.10. The summed E-state index contributed by atoms with van der Waals surface area (Å²) in [5.74, 6) is 0.661. The molecule has 2 heterocycles. The number of benzene rings is 1. The van der Waals surface area contributed by atoms with Crippen molar-refractivity contribution in [3.63, 3.8) is 0 Å². The van der Waals surface area contributed by atoms with Crippen LogP contribution in [-0.4, -0.2) is 17.4 Å². The highest BCUT2D eigenvalue weighted by Gasteiger charge is 2.28. The molecule has 0 saturated heterocycles. The van der Waals surface area contributed by atoms with Crippen molar-refractivity contribution < 1.29 is 0 Å². The highest BCUT2D eigenvalue weighted by molar-refractivity contribution is 7.09. The number of hydrogen-bond acceptors (Lipinski definition) is 4. The van der Waals surface area contributed by atoms with Crippen LogP contribution in [0, 0.1) is 0 Å². The van der Waals surface area contributed by atoms with E-state index in [1.54, 1.807) is 11.3 Å². The van der Waals surface area contributed by atoms with Crippen LogP contribution in [0.1, 0.15) is 29.0 Å². The van der Waals surface area contributed by atoms with Crippen molar-refractivity contribution in [3.05, 3.63) is 57.8 Å². The highest BCUT2D eigenvalue weighted by Crippen LogP contribution is 2.30. The molecule has 2 N–H and O–H groups in total. The van der Waals surface area contributed by atoms with Crippen LogP contribution >= 0.6 is 11.3 Å². The Hall–Kier alpha value is -1.81. The van der Waals surface area contributed by atoms with E-state index in [0.29, 0.717) is 5.96 Å². The van der Waals surface area contributed by atoms with Gasteiger partial charge < -0.3 is 10.6 Å². The Labute approximate surface area is 123 Å². The molecule has 3 rings (SSSR count). The zero-order valence-corrected chi connectivity index (χ0v) is 12.4. The Kier molecular flexibility index (Phi) is 3.74. The number of rotatable bonds is 4. The Morgan fingerprint density at radius 2 is 2.15 bits per heavy atom. The van der Waals surface area contributed by atoms with E-state index >= 15 is 0 Å². The number of nitrogens with two attached hydrogens (primary N) is 1. The number of guanidine groups is 1. The summed E-state index contributed by atoms with van der Waals surface area (Å²) in [5.41, 5.74) is 8.84. The van der Waals surface area contributed by atoms with Crippen LogP contribution in [0.5, 0.6) is 0 Å². The first-order valence-corrected chi connectivity index (χ1v) is 7.84. The number of aliphatic imine (C=N–C) groups is 1. The molecule has 1 aromatic carbocycles. The van der Waals surface area contributed by atoms with Crippen LogP contribution in [0.2, 0.25) is 0 Å². The van der Waals surface area contributed by atoms with Crippen molar-refractivity contribution in [2.75, 3.05) is 6.54 Å². The SMILES string of the molecule is CCc1ccccc1C1CN=C(N)N1Cc1cccs1. The maximum Gasteiger partial charge on any atom is 0.192 e.